The minimum Gasteiger partial charge on any atom is -0.495 e. The summed E-state index contributed by atoms with van der Waals surface area (Å²) in [4.78, 5) is 9.75. The van der Waals surface area contributed by atoms with Crippen LogP contribution >= 0.6 is 11.3 Å². The Bertz CT molecular complexity index is 1290. The molecule has 0 atom stereocenters. The van der Waals surface area contributed by atoms with E-state index in [4.69, 9.17) is 19.2 Å². The van der Waals surface area contributed by atoms with Crippen molar-refractivity contribution in [2.75, 3.05) is 31.4 Å². The lowest BCUT2D eigenvalue weighted by Gasteiger charge is -2.22. The molecule has 4 rings (SSSR count). The fraction of sp³-hybridized carbons (Fsp3) is 0.417. The molecule has 2 aromatic heterocycles. The maximum Gasteiger partial charge on any atom is 0.265 e. The summed E-state index contributed by atoms with van der Waals surface area (Å²) in [5.41, 5.74) is 1.78. The first kappa shape index (κ1) is 25.1. The van der Waals surface area contributed by atoms with E-state index >= 15 is 0 Å². The summed E-state index contributed by atoms with van der Waals surface area (Å²) in [6.07, 6.45) is 6.05. The van der Waals surface area contributed by atoms with E-state index in [1.54, 1.807) is 18.2 Å². The van der Waals surface area contributed by atoms with Crippen molar-refractivity contribution in [3.63, 3.8) is 0 Å². The van der Waals surface area contributed by atoms with Gasteiger partial charge in [-0.3, -0.25) is 4.72 Å². The highest BCUT2D eigenvalue weighted by Gasteiger charge is 2.24. The van der Waals surface area contributed by atoms with Crippen LogP contribution in [-0.4, -0.2) is 45.8 Å². The van der Waals surface area contributed by atoms with Gasteiger partial charge in [0.2, 0.25) is 11.8 Å². The molecule has 0 unspecified atom stereocenters. The largest absolute Gasteiger partial charge is 0.495 e. The Hall–Kier alpha value is -3.05. The zero-order valence-corrected chi connectivity index (χ0v) is 21.9. The molecule has 0 amide bonds. The van der Waals surface area contributed by atoms with Gasteiger partial charge in [0.05, 0.1) is 31.9 Å². The maximum absolute atomic E-state index is 13.4. The number of hydrogen-bond acceptors (Lipinski definition) is 9. The van der Waals surface area contributed by atoms with Crippen molar-refractivity contribution in [3.05, 3.63) is 36.0 Å². The summed E-state index contributed by atoms with van der Waals surface area (Å²) < 4.78 is 45.1. The number of ether oxygens (including phenoxy) is 3. The van der Waals surface area contributed by atoms with Crippen molar-refractivity contribution in [1.29, 1.82) is 0 Å². The number of thiazole rings is 1. The highest BCUT2D eigenvalue weighted by molar-refractivity contribution is 7.92. The van der Waals surface area contributed by atoms with Crippen LogP contribution in [0.2, 0.25) is 0 Å². The number of benzene rings is 1. The van der Waals surface area contributed by atoms with Crippen molar-refractivity contribution in [2.24, 2.45) is 0 Å². The lowest BCUT2D eigenvalue weighted by atomic mass is 9.96. The molecule has 35 heavy (non-hydrogen) atoms. The van der Waals surface area contributed by atoms with E-state index in [0.717, 1.165) is 34.1 Å². The summed E-state index contributed by atoms with van der Waals surface area (Å²) in [5, 5.41) is 4.41. The van der Waals surface area contributed by atoms with Crippen molar-refractivity contribution < 1.29 is 22.6 Å². The van der Waals surface area contributed by atoms with E-state index in [9.17, 15) is 8.42 Å². The second-order valence-electron chi connectivity index (χ2n) is 8.29. The molecular weight excluding hydrogens is 488 g/mol. The zero-order chi connectivity index (χ0) is 25.0. The third-order valence-electron chi connectivity index (χ3n) is 5.93. The van der Waals surface area contributed by atoms with Gasteiger partial charge < -0.3 is 19.5 Å². The minimum atomic E-state index is -4.03. The second-order valence-corrected chi connectivity index (χ2v) is 10.9. The van der Waals surface area contributed by atoms with Gasteiger partial charge in [-0.25, -0.2) is 13.4 Å². The van der Waals surface area contributed by atoms with Gasteiger partial charge in [0.15, 0.2) is 5.13 Å². The molecule has 1 aliphatic rings. The van der Waals surface area contributed by atoms with Gasteiger partial charge in [0.1, 0.15) is 16.3 Å². The molecule has 2 heterocycles. The number of rotatable bonds is 9. The molecule has 3 aromatic rings. The third-order valence-corrected chi connectivity index (χ3v) is 8.45. The molecule has 9 nitrogen and oxygen atoms in total. The monoisotopic (exact) mass is 518 g/mol. The van der Waals surface area contributed by atoms with Crippen LogP contribution in [0.5, 0.6) is 17.5 Å². The summed E-state index contributed by atoms with van der Waals surface area (Å²) in [7, 11) is 0.284. The third kappa shape index (κ3) is 5.62. The van der Waals surface area contributed by atoms with Gasteiger partial charge >= 0.3 is 0 Å². The quantitative estimate of drug-likeness (QED) is 0.403. The molecule has 188 valence electrons. The Labute approximate surface area is 209 Å². The Morgan fingerprint density at radius 2 is 1.74 bits per heavy atom. The summed E-state index contributed by atoms with van der Waals surface area (Å²) in [5.74, 6) is 0.631. The van der Waals surface area contributed by atoms with E-state index in [-0.39, 0.29) is 22.2 Å². The molecule has 0 aliphatic heterocycles. The Kier molecular flexibility index (Phi) is 7.66. The van der Waals surface area contributed by atoms with Crippen LogP contribution in [0.3, 0.4) is 0 Å². The molecule has 11 heteroatoms. The number of nitrogens with one attached hydrogen (secondary N) is 2. The highest BCUT2D eigenvalue weighted by atomic mass is 32.2. The Balaban J connectivity index is 1.65. The molecule has 0 saturated heterocycles. The van der Waals surface area contributed by atoms with Gasteiger partial charge in [-0.05, 0) is 49.6 Å². The Morgan fingerprint density at radius 1 is 0.971 bits per heavy atom. The molecule has 0 spiro atoms. The zero-order valence-electron chi connectivity index (χ0n) is 20.3. The number of sulfonamides is 1. The molecule has 1 saturated carbocycles. The molecule has 1 aliphatic carbocycles. The highest BCUT2D eigenvalue weighted by Crippen LogP contribution is 2.38. The van der Waals surface area contributed by atoms with Gasteiger partial charge in [0, 0.05) is 12.1 Å². The van der Waals surface area contributed by atoms with Crippen LogP contribution in [0.15, 0.2) is 35.2 Å². The predicted molar refractivity (Wildman–Crippen MR) is 137 cm³/mol. The summed E-state index contributed by atoms with van der Waals surface area (Å²) in [6.45, 7) is 1.93. The first-order chi connectivity index (χ1) is 16.8. The number of pyridine rings is 1. The molecular formula is C24H30N4O5S2. The second kappa shape index (κ2) is 10.7. The lowest BCUT2D eigenvalue weighted by Crippen LogP contribution is -2.21. The fourth-order valence-corrected chi connectivity index (χ4v) is 6.44. The fourth-order valence-electron chi connectivity index (χ4n) is 4.15. The number of nitrogens with zero attached hydrogens (tertiary/aromatic N) is 2. The summed E-state index contributed by atoms with van der Waals surface area (Å²) >= 11 is 1.53. The van der Waals surface area contributed by atoms with Crippen LogP contribution < -0.4 is 24.2 Å². The van der Waals surface area contributed by atoms with Crippen LogP contribution in [0.25, 0.3) is 10.4 Å². The number of aryl methyl sites for hydroxylation is 1. The minimum absolute atomic E-state index is 0.00459. The molecule has 2 N–H and O–H groups in total. The number of hydrogen-bond donors (Lipinski definition) is 2. The topological polar surface area (TPSA) is 112 Å². The standard InChI is InChI=1S/C24H30N4O5S2/c1-15-22(34-24(25-15)26-17-8-6-5-7-9-17)16-10-12-19(31-2)20(14-16)35(29,30)28-18-11-13-21(32-3)27-23(18)33-4/h10-14,17,28H,5-9H2,1-4H3,(H,25,26). The van der Waals surface area contributed by atoms with Crippen LogP contribution in [0, 0.1) is 6.92 Å². The van der Waals surface area contributed by atoms with Crippen molar-refractivity contribution in [1.82, 2.24) is 9.97 Å². The first-order valence-electron chi connectivity index (χ1n) is 11.4. The average molecular weight is 519 g/mol. The van der Waals surface area contributed by atoms with Gasteiger partial charge in [-0.1, -0.05) is 30.6 Å². The lowest BCUT2D eigenvalue weighted by molar-refractivity contribution is 0.366. The van der Waals surface area contributed by atoms with Gasteiger partial charge in [-0.15, -0.1) is 0 Å². The molecule has 0 bridgehead atoms. The average Bonchev–Trinajstić information content (AvgIpc) is 3.23. The van der Waals surface area contributed by atoms with E-state index < -0.39 is 10.0 Å². The molecule has 1 aromatic carbocycles. The van der Waals surface area contributed by atoms with E-state index in [0.29, 0.717) is 11.9 Å². The van der Waals surface area contributed by atoms with Crippen molar-refractivity contribution >= 4 is 32.2 Å². The van der Waals surface area contributed by atoms with Gasteiger partial charge in [-0.2, -0.15) is 4.98 Å². The molecule has 0 radical (unpaired) electrons. The normalized spacial score (nSPS) is 14.4. The SMILES string of the molecule is COc1ccc(NS(=O)(=O)c2cc(-c3sc(NC4CCCCC4)nc3C)ccc2OC)c(OC)n1. The number of methoxy groups -OCH3 is 3. The van der Waals surface area contributed by atoms with E-state index in [1.807, 2.05) is 13.0 Å². The van der Waals surface area contributed by atoms with Crippen LogP contribution in [0.4, 0.5) is 10.8 Å². The van der Waals surface area contributed by atoms with Crippen molar-refractivity contribution in [2.45, 2.75) is 50.0 Å². The van der Waals surface area contributed by atoms with E-state index in [1.165, 1.54) is 58.0 Å². The van der Waals surface area contributed by atoms with Gasteiger partial charge in [0.25, 0.3) is 10.0 Å². The predicted octanol–water partition coefficient (Wildman–Crippen LogP) is 5.08. The molecule has 1 fully saturated rings. The number of anilines is 2. The van der Waals surface area contributed by atoms with Crippen molar-refractivity contribution in [3.8, 4) is 28.0 Å². The van der Waals surface area contributed by atoms with Crippen LogP contribution in [0.1, 0.15) is 37.8 Å². The maximum atomic E-state index is 13.4. The smallest absolute Gasteiger partial charge is 0.265 e. The Morgan fingerprint density at radius 3 is 2.43 bits per heavy atom. The first-order valence-corrected chi connectivity index (χ1v) is 13.7. The summed E-state index contributed by atoms with van der Waals surface area (Å²) in [6, 6.07) is 8.63. The number of aromatic nitrogens is 2. The van der Waals surface area contributed by atoms with Crippen LogP contribution in [-0.2, 0) is 10.0 Å². The van der Waals surface area contributed by atoms with E-state index in [2.05, 4.69) is 15.0 Å².